The molecule has 0 amide bonds. The Balaban J connectivity index is 1.50. The van der Waals surface area contributed by atoms with Crippen LogP contribution in [0.25, 0.3) is 11.4 Å². The molecule has 2 aromatic heterocycles. The Morgan fingerprint density at radius 1 is 1.14 bits per heavy atom. The number of nitro benzene ring substituents is 1. The molecule has 0 radical (unpaired) electrons. The van der Waals surface area contributed by atoms with E-state index in [1.807, 2.05) is 19.1 Å². The standard InChI is InChI=1S/C21H24N6O2/c1-2-16-13-20(22-14-17-11-12-26(25-17)18-5-3-4-6-18)24-21(23-16)15-7-9-19(10-8-15)27(28)29/h7-13,18H,2-6,14H2,1H3,(H,22,23,24). The largest absolute Gasteiger partial charge is 0.364 e. The Bertz CT molecular complexity index is 993. The fourth-order valence-electron chi connectivity index (χ4n) is 3.66. The predicted molar refractivity (Wildman–Crippen MR) is 111 cm³/mol. The number of hydrogen-bond donors (Lipinski definition) is 1. The molecule has 0 spiro atoms. The molecule has 150 valence electrons. The van der Waals surface area contributed by atoms with Crippen LogP contribution < -0.4 is 5.32 Å². The molecule has 8 heteroatoms. The number of nitrogens with zero attached hydrogens (tertiary/aromatic N) is 5. The molecule has 3 aromatic rings. The van der Waals surface area contributed by atoms with Gasteiger partial charge in [-0.1, -0.05) is 19.8 Å². The average Bonchev–Trinajstić information content (AvgIpc) is 3.44. The lowest BCUT2D eigenvalue weighted by Crippen LogP contribution is -2.08. The van der Waals surface area contributed by atoms with Gasteiger partial charge in [-0.25, -0.2) is 9.97 Å². The minimum Gasteiger partial charge on any atom is -0.364 e. The smallest absolute Gasteiger partial charge is 0.269 e. The summed E-state index contributed by atoms with van der Waals surface area (Å²) in [6.07, 6.45) is 7.81. The van der Waals surface area contributed by atoms with Crippen molar-refractivity contribution in [3.8, 4) is 11.4 Å². The number of hydrogen-bond acceptors (Lipinski definition) is 6. The second-order valence-corrected chi connectivity index (χ2v) is 7.30. The Hall–Kier alpha value is -3.29. The first kappa shape index (κ1) is 19.0. The molecular formula is C21H24N6O2. The van der Waals surface area contributed by atoms with Gasteiger partial charge >= 0.3 is 0 Å². The quantitative estimate of drug-likeness (QED) is 0.468. The van der Waals surface area contributed by atoms with Crippen LogP contribution in [0.3, 0.4) is 0 Å². The lowest BCUT2D eigenvalue weighted by atomic mass is 10.2. The molecule has 4 rings (SSSR count). The molecule has 8 nitrogen and oxygen atoms in total. The number of anilines is 1. The van der Waals surface area contributed by atoms with E-state index < -0.39 is 4.92 Å². The molecule has 1 saturated carbocycles. The van der Waals surface area contributed by atoms with Gasteiger partial charge in [0.2, 0.25) is 0 Å². The minimum absolute atomic E-state index is 0.0524. The molecule has 1 fully saturated rings. The topological polar surface area (TPSA) is 98.8 Å². The number of nitrogens with one attached hydrogen (secondary N) is 1. The maximum atomic E-state index is 10.9. The number of nitro groups is 1. The molecule has 1 N–H and O–H groups in total. The Kier molecular flexibility index (Phi) is 5.50. The number of aromatic nitrogens is 4. The normalized spacial score (nSPS) is 14.2. The maximum absolute atomic E-state index is 10.9. The molecule has 1 aliphatic carbocycles. The maximum Gasteiger partial charge on any atom is 0.269 e. The summed E-state index contributed by atoms with van der Waals surface area (Å²) in [5.41, 5.74) is 2.69. The van der Waals surface area contributed by atoms with Crippen molar-refractivity contribution < 1.29 is 4.92 Å². The zero-order chi connectivity index (χ0) is 20.2. The van der Waals surface area contributed by atoms with Crippen molar-refractivity contribution >= 4 is 11.5 Å². The molecule has 1 aliphatic rings. The molecule has 0 saturated heterocycles. The summed E-state index contributed by atoms with van der Waals surface area (Å²) in [5.74, 6) is 1.28. The summed E-state index contributed by atoms with van der Waals surface area (Å²) in [5, 5.41) is 18.9. The summed E-state index contributed by atoms with van der Waals surface area (Å²) in [6, 6.07) is 10.8. The number of non-ortho nitro benzene ring substituents is 1. The van der Waals surface area contributed by atoms with Crippen molar-refractivity contribution in [3.63, 3.8) is 0 Å². The lowest BCUT2D eigenvalue weighted by molar-refractivity contribution is -0.384. The lowest BCUT2D eigenvalue weighted by Gasteiger charge is -2.10. The van der Waals surface area contributed by atoms with Gasteiger partial charge in [-0.2, -0.15) is 5.10 Å². The van der Waals surface area contributed by atoms with Crippen molar-refractivity contribution in [2.24, 2.45) is 0 Å². The van der Waals surface area contributed by atoms with E-state index in [1.165, 1.54) is 37.8 Å². The molecule has 1 aromatic carbocycles. The summed E-state index contributed by atoms with van der Waals surface area (Å²) >= 11 is 0. The van der Waals surface area contributed by atoms with E-state index in [-0.39, 0.29) is 5.69 Å². The Morgan fingerprint density at radius 2 is 1.90 bits per heavy atom. The van der Waals surface area contributed by atoms with Gasteiger partial charge in [0.05, 0.1) is 23.2 Å². The van der Waals surface area contributed by atoms with Gasteiger partial charge in [0.15, 0.2) is 5.82 Å². The van der Waals surface area contributed by atoms with E-state index in [1.54, 1.807) is 12.1 Å². The first-order chi connectivity index (χ1) is 14.1. The predicted octanol–water partition coefficient (Wildman–Crippen LogP) is 4.54. The third-order valence-corrected chi connectivity index (χ3v) is 5.29. The number of rotatable bonds is 7. The van der Waals surface area contributed by atoms with E-state index in [0.29, 0.717) is 18.4 Å². The average molecular weight is 392 g/mol. The van der Waals surface area contributed by atoms with Crippen molar-refractivity contribution in [2.45, 2.75) is 51.6 Å². The van der Waals surface area contributed by atoms with Crippen LogP contribution in [0.1, 0.15) is 50.0 Å². The van der Waals surface area contributed by atoms with E-state index in [4.69, 9.17) is 5.10 Å². The number of benzene rings is 1. The molecule has 0 bridgehead atoms. The summed E-state index contributed by atoms with van der Waals surface area (Å²) in [4.78, 5) is 19.6. The molecule has 2 heterocycles. The van der Waals surface area contributed by atoms with Gasteiger partial charge in [0.25, 0.3) is 5.69 Å². The van der Waals surface area contributed by atoms with Crippen molar-refractivity contribution in [3.05, 3.63) is 64.1 Å². The molecular weight excluding hydrogens is 368 g/mol. The van der Waals surface area contributed by atoms with Crippen LogP contribution in [-0.2, 0) is 13.0 Å². The summed E-state index contributed by atoms with van der Waals surface area (Å²) < 4.78 is 2.09. The van der Waals surface area contributed by atoms with Crippen LogP contribution in [0.2, 0.25) is 0 Å². The SMILES string of the molecule is CCc1cc(NCc2ccn(C3CCCC3)n2)nc(-c2ccc([N+](=O)[O-])cc2)n1. The third kappa shape index (κ3) is 4.42. The summed E-state index contributed by atoms with van der Waals surface area (Å²) in [6.45, 7) is 2.62. The minimum atomic E-state index is -0.412. The van der Waals surface area contributed by atoms with E-state index in [9.17, 15) is 10.1 Å². The molecule has 0 aliphatic heterocycles. The first-order valence-electron chi connectivity index (χ1n) is 10.0. The fraction of sp³-hybridized carbons (Fsp3) is 0.381. The van der Waals surface area contributed by atoms with Crippen molar-refractivity contribution in [1.82, 2.24) is 19.7 Å². The van der Waals surface area contributed by atoms with Gasteiger partial charge in [-0.05, 0) is 37.5 Å². The number of aryl methyl sites for hydroxylation is 1. The van der Waals surface area contributed by atoms with Gasteiger partial charge in [0.1, 0.15) is 5.82 Å². The van der Waals surface area contributed by atoms with E-state index >= 15 is 0 Å². The monoisotopic (exact) mass is 392 g/mol. The van der Waals surface area contributed by atoms with Crippen LogP contribution >= 0.6 is 0 Å². The van der Waals surface area contributed by atoms with Crippen LogP contribution in [0.4, 0.5) is 11.5 Å². The highest BCUT2D eigenvalue weighted by Crippen LogP contribution is 2.28. The van der Waals surface area contributed by atoms with Crippen LogP contribution in [0, 0.1) is 10.1 Å². The molecule has 0 atom stereocenters. The van der Waals surface area contributed by atoms with Crippen LogP contribution in [0.15, 0.2) is 42.6 Å². The highest BCUT2D eigenvalue weighted by Gasteiger charge is 2.17. The Labute approximate surface area is 169 Å². The van der Waals surface area contributed by atoms with Gasteiger partial charge in [0, 0.05) is 35.7 Å². The third-order valence-electron chi connectivity index (χ3n) is 5.29. The van der Waals surface area contributed by atoms with Crippen molar-refractivity contribution in [2.75, 3.05) is 5.32 Å². The molecule has 0 unspecified atom stereocenters. The summed E-state index contributed by atoms with van der Waals surface area (Å²) in [7, 11) is 0. The van der Waals surface area contributed by atoms with Crippen LogP contribution in [0.5, 0.6) is 0 Å². The highest BCUT2D eigenvalue weighted by molar-refractivity contribution is 5.59. The zero-order valence-corrected chi connectivity index (χ0v) is 16.4. The van der Waals surface area contributed by atoms with E-state index in [0.717, 1.165) is 29.2 Å². The first-order valence-corrected chi connectivity index (χ1v) is 10.0. The van der Waals surface area contributed by atoms with Gasteiger partial charge < -0.3 is 5.32 Å². The van der Waals surface area contributed by atoms with Crippen molar-refractivity contribution in [1.29, 1.82) is 0 Å². The zero-order valence-electron chi connectivity index (χ0n) is 16.4. The van der Waals surface area contributed by atoms with Gasteiger partial charge in [-0.15, -0.1) is 0 Å². The van der Waals surface area contributed by atoms with Gasteiger partial charge in [-0.3, -0.25) is 14.8 Å². The fourth-order valence-corrected chi connectivity index (χ4v) is 3.66. The molecule has 29 heavy (non-hydrogen) atoms. The highest BCUT2D eigenvalue weighted by atomic mass is 16.6. The van der Waals surface area contributed by atoms with Crippen LogP contribution in [-0.4, -0.2) is 24.7 Å². The van der Waals surface area contributed by atoms with E-state index in [2.05, 4.69) is 26.2 Å². The Morgan fingerprint density at radius 3 is 2.59 bits per heavy atom. The second kappa shape index (κ2) is 8.38. The second-order valence-electron chi connectivity index (χ2n) is 7.30.